The summed E-state index contributed by atoms with van der Waals surface area (Å²) in [6.45, 7) is -0.132. The zero-order valence-electron chi connectivity index (χ0n) is 8.76. The van der Waals surface area contributed by atoms with Crippen LogP contribution in [0, 0.1) is 5.41 Å². The summed E-state index contributed by atoms with van der Waals surface area (Å²) in [7, 11) is 0. The average molecular weight is 237 g/mol. The molecule has 1 aliphatic heterocycles. The number of carboxylic acids is 1. The summed E-state index contributed by atoms with van der Waals surface area (Å²) in [5.74, 6) is -1.73. The van der Waals surface area contributed by atoms with Gasteiger partial charge in [-0.2, -0.15) is 13.2 Å². The van der Waals surface area contributed by atoms with Gasteiger partial charge in [0.2, 0.25) is 0 Å². The molecule has 2 aliphatic rings. The summed E-state index contributed by atoms with van der Waals surface area (Å²) in [6, 6.07) is 0.170. The van der Waals surface area contributed by atoms with Crippen LogP contribution in [0.5, 0.6) is 0 Å². The second-order valence-electron chi connectivity index (χ2n) is 4.69. The van der Waals surface area contributed by atoms with Gasteiger partial charge in [-0.1, -0.05) is 6.42 Å². The Hall–Kier alpha value is -0.780. The molecule has 3 nitrogen and oxygen atoms in total. The molecular formula is C10H14F3NO2. The van der Waals surface area contributed by atoms with E-state index in [0.29, 0.717) is 0 Å². The second-order valence-corrected chi connectivity index (χ2v) is 4.69. The van der Waals surface area contributed by atoms with Gasteiger partial charge in [-0.05, 0) is 25.8 Å². The number of halogens is 3. The Morgan fingerprint density at radius 2 is 2.00 bits per heavy atom. The molecule has 1 heterocycles. The van der Waals surface area contributed by atoms with E-state index in [4.69, 9.17) is 5.11 Å². The minimum Gasteiger partial charge on any atom is -0.481 e. The number of carbonyl (C=O) groups is 1. The smallest absolute Gasteiger partial charge is 0.406 e. The SMILES string of the molecule is O=C(O)C1(C(F)(F)F)CCN(C2CCC2)C1. The minimum absolute atomic E-state index is 0.170. The Morgan fingerprint density at radius 1 is 1.38 bits per heavy atom. The predicted octanol–water partition coefficient (Wildman–Crippen LogP) is 1.88. The van der Waals surface area contributed by atoms with E-state index in [1.807, 2.05) is 0 Å². The quantitative estimate of drug-likeness (QED) is 0.797. The van der Waals surface area contributed by atoms with Crippen LogP contribution in [0.1, 0.15) is 25.7 Å². The van der Waals surface area contributed by atoms with Crippen molar-refractivity contribution in [3.8, 4) is 0 Å². The molecular weight excluding hydrogens is 223 g/mol. The van der Waals surface area contributed by atoms with Gasteiger partial charge in [0.1, 0.15) is 0 Å². The van der Waals surface area contributed by atoms with Crippen LogP contribution in [0.15, 0.2) is 0 Å². The zero-order chi connectivity index (χ0) is 12.0. The first kappa shape index (κ1) is 11.7. The van der Waals surface area contributed by atoms with Crippen LogP contribution in [0.25, 0.3) is 0 Å². The molecule has 92 valence electrons. The van der Waals surface area contributed by atoms with Crippen molar-refractivity contribution in [1.82, 2.24) is 4.90 Å². The molecule has 1 saturated carbocycles. The lowest BCUT2D eigenvalue weighted by Gasteiger charge is -2.36. The molecule has 16 heavy (non-hydrogen) atoms. The topological polar surface area (TPSA) is 40.5 Å². The van der Waals surface area contributed by atoms with Crippen molar-refractivity contribution in [3.05, 3.63) is 0 Å². The molecule has 0 radical (unpaired) electrons. The molecule has 1 saturated heterocycles. The lowest BCUT2D eigenvalue weighted by atomic mass is 9.86. The summed E-state index contributed by atoms with van der Waals surface area (Å²) in [6.07, 6.45) is -2.14. The van der Waals surface area contributed by atoms with E-state index in [0.717, 1.165) is 19.3 Å². The Bertz CT molecular complexity index is 301. The monoisotopic (exact) mass is 237 g/mol. The lowest BCUT2D eigenvalue weighted by Crippen LogP contribution is -2.49. The summed E-state index contributed by atoms with van der Waals surface area (Å²) in [4.78, 5) is 12.6. The molecule has 0 amide bonds. The summed E-state index contributed by atoms with van der Waals surface area (Å²) < 4.78 is 38.5. The van der Waals surface area contributed by atoms with E-state index in [-0.39, 0.29) is 25.6 Å². The molecule has 1 N–H and O–H groups in total. The number of aliphatic carboxylic acids is 1. The van der Waals surface area contributed by atoms with Crippen LogP contribution in [0.2, 0.25) is 0 Å². The van der Waals surface area contributed by atoms with Crippen molar-refractivity contribution in [2.24, 2.45) is 5.41 Å². The van der Waals surface area contributed by atoms with E-state index in [9.17, 15) is 18.0 Å². The highest BCUT2D eigenvalue weighted by atomic mass is 19.4. The lowest BCUT2D eigenvalue weighted by molar-refractivity contribution is -0.228. The fourth-order valence-electron chi connectivity index (χ4n) is 2.43. The number of rotatable bonds is 2. The van der Waals surface area contributed by atoms with Crippen LogP contribution < -0.4 is 0 Å². The third-order valence-electron chi connectivity index (χ3n) is 3.84. The van der Waals surface area contributed by atoms with Crippen molar-refractivity contribution >= 4 is 5.97 Å². The molecule has 0 aromatic heterocycles. The Labute approximate surface area is 91.2 Å². The molecule has 0 aromatic carbocycles. The van der Waals surface area contributed by atoms with E-state index in [1.165, 1.54) is 0 Å². The number of alkyl halides is 3. The van der Waals surface area contributed by atoms with Crippen molar-refractivity contribution < 1.29 is 23.1 Å². The largest absolute Gasteiger partial charge is 0.481 e. The van der Waals surface area contributed by atoms with Gasteiger partial charge in [0.15, 0.2) is 5.41 Å². The normalized spacial score (nSPS) is 32.7. The van der Waals surface area contributed by atoms with Crippen LogP contribution >= 0.6 is 0 Å². The number of nitrogens with zero attached hydrogens (tertiary/aromatic N) is 1. The first-order valence-corrected chi connectivity index (χ1v) is 5.41. The van der Waals surface area contributed by atoms with Gasteiger partial charge in [0.05, 0.1) is 0 Å². The first-order valence-electron chi connectivity index (χ1n) is 5.41. The van der Waals surface area contributed by atoms with Gasteiger partial charge in [0.25, 0.3) is 0 Å². The number of hydrogen-bond donors (Lipinski definition) is 1. The van der Waals surface area contributed by atoms with E-state index in [1.54, 1.807) is 4.90 Å². The van der Waals surface area contributed by atoms with Crippen LogP contribution in [-0.2, 0) is 4.79 Å². The molecule has 0 spiro atoms. The van der Waals surface area contributed by atoms with Gasteiger partial charge in [-0.25, -0.2) is 0 Å². The molecule has 1 aliphatic carbocycles. The number of hydrogen-bond acceptors (Lipinski definition) is 2. The number of carboxylic acid groups (broad SMARTS) is 1. The van der Waals surface area contributed by atoms with Crippen LogP contribution in [-0.4, -0.2) is 41.3 Å². The molecule has 1 atom stereocenters. The molecule has 2 fully saturated rings. The zero-order valence-corrected chi connectivity index (χ0v) is 8.76. The Kier molecular flexibility index (Phi) is 2.64. The highest BCUT2D eigenvalue weighted by molar-refractivity contribution is 5.76. The molecule has 2 rings (SSSR count). The maximum Gasteiger partial charge on any atom is 0.406 e. The third kappa shape index (κ3) is 1.59. The van der Waals surface area contributed by atoms with Gasteiger partial charge < -0.3 is 5.11 Å². The van der Waals surface area contributed by atoms with Gasteiger partial charge in [-0.3, -0.25) is 9.69 Å². The molecule has 6 heteroatoms. The van der Waals surface area contributed by atoms with Crippen molar-refractivity contribution in [2.75, 3.05) is 13.1 Å². The maximum absolute atomic E-state index is 12.8. The number of likely N-dealkylation sites (tertiary alicyclic amines) is 1. The Morgan fingerprint density at radius 3 is 2.31 bits per heavy atom. The van der Waals surface area contributed by atoms with E-state index in [2.05, 4.69) is 0 Å². The molecule has 0 aromatic rings. The van der Waals surface area contributed by atoms with Gasteiger partial charge in [-0.15, -0.1) is 0 Å². The standard InChI is InChI=1S/C10H14F3NO2/c11-10(12,13)9(8(15)16)4-5-14(6-9)7-2-1-3-7/h7H,1-6H2,(H,15,16). The Balaban J connectivity index is 2.14. The van der Waals surface area contributed by atoms with Crippen LogP contribution in [0.4, 0.5) is 13.2 Å². The van der Waals surface area contributed by atoms with Crippen LogP contribution in [0.3, 0.4) is 0 Å². The summed E-state index contributed by atoms with van der Waals surface area (Å²) >= 11 is 0. The maximum atomic E-state index is 12.8. The highest BCUT2D eigenvalue weighted by Crippen LogP contribution is 2.47. The molecule has 0 bridgehead atoms. The highest BCUT2D eigenvalue weighted by Gasteiger charge is 2.64. The van der Waals surface area contributed by atoms with Crippen molar-refractivity contribution in [3.63, 3.8) is 0 Å². The fraction of sp³-hybridized carbons (Fsp3) is 0.900. The average Bonchev–Trinajstić information content (AvgIpc) is 2.45. The fourth-order valence-corrected chi connectivity index (χ4v) is 2.43. The summed E-state index contributed by atoms with van der Waals surface area (Å²) in [5.41, 5.74) is -2.54. The van der Waals surface area contributed by atoms with Gasteiger partial charge in [0, 0.05) is 12.6 Å². The summed E-state index contributed by atoms with van der Waals surface area (Å²) in [5, 5.41) is 8.84. The second kappa shape index (κ2) is 3.61. The van der Waals surface area contributed by atoms with E-state index < -0.39 is 17.6 Å². The van der Waals surface area contributed by atoms with E-state index >= 15 is 0 Å². The molecule has 1 unspecified atom stereocenters. The predicted molar refractivity (Wildman–Crippen MR) is 50.0 cm³/mol. The minimum atomic E-state index is -4.66. The van der Waals surface area contributed by atoms with Gasteiger partial charge >= 0.3 is 12.1 Å². The third-order valence-corrected chi connectivity index (χ3v) is 3.84. The van der Waals surface area contributed by atoms with Crippen molar-refractivity contribution in [1.29, 1.82) is 0 Å². The van der Waals surface area contributed by atoms with Crippen molar-refractivity contribution in [2.45, 2.75) is 37.9 Å². The first-order chi connectivity index (χ1) is 7.37.